The minimum Gasteiger partial charge on any atom is -0.493 e. The first-order valence-electron chi connectivity index (χ1n) is 7.24. The van der Waals surface area contributed by atoms with Crippen molar-refractivity contribution in [1.82, 2.24) is 9.88 Å². The molecule has 0 spiro atoms. The van der Waals surface area contributed by atoms with E-state index in [9.17, 15) is 13.5 Å². The predicted octanol–water partition coefficient (Wildman–Crippen LogP) is 1.24. The summed E-state index contributed by atoms with van der Waals surface area (Å²) in [5.74, 6) is 1.04. The van der Waals surface area contributed by atoms with Crippen molar-refractivity contribution in [2.24, 2.45) is 0 Å². The van der Waals surface area contributed by atoms with Crippen LogP contribution in [-0.2, 0) is 16.4 Å². The quantitative estimate of drug-likeness (QED) is 0.850. The zero-order valence-corrected chi connectivity index (χ0v) is 13.7. The highest BCUT2D eigenvalue weighted by atomic mass is 32.2. The van der Waals surface area contributed by atoms with Crippen molar-refractivity contribution in [3.05, 3.63) is 40.8 Å². The molecule has 3 rings (SSSR count). The standard InChI is InChI=1S/C15H18N2O5S/c1-9-15(10(2)22-17-9)23(19,20)16-8-13(18)11-3-4-14-12(7-11)5-6-21-14/h3-4,7,13,16,18H,5-6,8H2,1-2H3/t13-/m1/s1. The van der Waals surface area contributed by atoms with Gasteiger partial charge in [-0.05, 0) is 37.1 Å². The fourth-order valence-corrected chi connectivity index (χ4v) is 4.01. The Hall–Kier alpha value is -1.90. The number of aliphatic hydroxyl groups excluding tert-OH is 1. The number of sulfonamides is 1. The third-order valence-corrected chi connectivity index (χ3v) is 5.47. The topological polar surface area (TPSA) is 102 Å². The molecule has 0 unspecified atom stereocenters. The van der Waals surface area contributed by atoms with Gasteiger partial charge in [-0.25, -0.2) is 13.1 Å². The highest BCUT2D eigenvalue weighted by Crippen LogP contribution is 2.28. The zero-order valence-electron chi connectivity index (χ0n) is 12.9. The summed E-state index contributed by atoms with van der Waals surface area (Å²) in [6.45, 7) is 3.59. The van der Waals surface area contributed by atoms with Crippen LogP contribution in [0.4, 0.5) is 0 Å². The Morgan fingerprint density at radius 3 is 2.87 bits per heavy atom. The van der Waals surface area contributed by atoms with E-state index in [-0.39, 0.29) is 17.2 Å². The summed E-state index contributed by atoms with van der Waals surface area (Å²) in [6.07, 6.45) is -0.156. The van der Waals surface area contributed by atoms with Crippen molar-refractivity contribution in [3.8, 4) is 5.75 Å². The number of aryl methyl sites for hydroxylation is 2. The maximum atomic E-state index is 12.3. The van der Waals surface area contributed by atoms with Gasteiger partial charge >= 0.3 is 0 Å². The van der Waals surface area contributed by atoms with Crippen LogP contribution in [0.25, 0.3) is 0 Å². The van der Waals surface area contributed by atoms with Crippen molar-refractivity contribution in [2.75, 3.05) is 13.2 Å². The molecule has 1 atom stereocenters. The lowest BCUT2D eigenvalue weighted by molar-refractivity contribution is 0.182. The fourth-order valence-electron chi connectivity index (χ4n) is 2.65. The van der Waals surface area contributed by atoms with E-state index in [1.807, 2.05) is 6.07 Å². The number of hydrogen-bond donors (Lipinski definition) is 2. The second kappa shape index (κ2) is 5.95. The molecule has 23 heavy (non-hydrogen) atoms. The molecule has 1 aliphatic rings. The van der Waals surface area contributed by atoms with Gasteiger partial charge in [0, 0.05) is 13.0 Å². The summed E-state index contributed by atoms with van der Waals surface area (Å²) in [7, 11) is -3.78. The molecule has 2 N–H and O–H groups in total. The average molecular weight is 338 g/mol. The molecule has 0 radical (unpaired) electrons. The normalized spacial score (nSPS) is 15.3. The number of nitrogens with zero attached hydrogens (tertiary/aromatic N) is 1. The Morgan fingerprint density at radius 1 is 1.39 bits per heavy atom. The molecule has 124 valence electrons. The van der Waals surface area contributed by atoms with Crippen LogP contribution in [0.1, 0.15) is 28.7 Å². The molecule has 0 bridgehead atoms. The number of benzene rings is 1. The number of hydrogen-bond acceptors (Lipinski definition) is 6. The van der Waals surface area contributed by atoms with Gasteiger partial charge in [0.2, 0.25) is 10.0 Å². The summed E-state index contributed by atoms with van der Waals surface area (Å²) < 4.78 is 37.3. The molecular formula is C15H18N2O5S. The SMILES string of the molecule is Cc1noc(C)c1S(=O)(=O)NC[C@@H](O)c1ccc2c(c1)CCO2. The Bertz CT molecular complexity index is 809. The van der Waals surface area contributed by atoms with Gasteiger partial charge in [0.25, 0.3) is 0 Å². The van der Waals surface area contributed by atoms with Crippen LogP contribution in [0.3, 0.4) is 0 Å². The van der Waals surface area contributed by atoms with Gasteiger partial charge in [-0.2, -0.15) is 0 Å². The van der Waals surface area contributed by atoms with Gasteiger partial charge in [-0.1, -0.05) is 11.2 Å². The van der Waals surface area contributed by atoms with Crippen molar-refractivity contribution in [1.29, 1.82) is 0 Å². The number of ether oxygens (including phenoxy) is 1. The predicted molar refractivity (Wildman–Crippen MR) is 81.8 cm³/mol. The summed E-state index contributed by atoms with van der Waals surface area (Å²) in [6, 6.07) is 5.37. The van der Waals surface area contributed by atoms with Crippen LogP contribution in [0.5, 0.6) is 5.75 Å². The number of rotatable bonds is 5. The van der Waals surface area contributed by atoms with E-state index >= 15 is 0 Å². The van der Waals surface area contributed by atoms with Gasteiger partial charge in [-0.15, -0.1) is 0 Å². The highest BCUT2D eigenvalue weighted by molar-refractivity contribution is 7.89. The Balaban J connectivity index is 1.73. The number of aliphatic hydroxyl groups is 1. The van der Waals surface area contributed by atoms with E-state index in [1.54, 1.807) is 19.1 Å². The maximum Gasteiger partial charge on any atom is 0.246 e. The first kappa shape index (κ1) is 16.0. The monoisotopic (exact) mass is 338 g/mol. The van der Waals surface area contributed by atoms with E-state index in [1.165, 1.54) is 6.92 Å². The Kier molecular flexibility index (Phi) is 4.13. The third-order valence-electron chi connectivity index (χ3n) is 3.80. The summed E-state index contributed by atoms with van der Waals surface area (Å²) in [5.41, 5.74) is 1.96. The first-order valence-corrected chi connectivity index (χ1v) is 8.73. The summed E-state index contributed by atoms with van der Waals surface area (Å²) in [5, 5.41) is 13.9. The molecule has 0 saturated carbocycles. The van der Waals surface area contributed by atoms with Crippen LogP contribution in [0, 0.1) is 13.8 Å². The molecule has 2 aromatic rings. The van der Waals surface area contributed by atoms with Crippen molar-refractivity contribution in [2.45, 2.75) is 31.3 Å². The molecule has 1 aliphatic heterocycles. The lowest BCUT2D eigenvalue weighted by atomic mass is 10.0. The molecular weight excluding hydrogens is 320 g/mol. The van der Waals surface area contributed by atoms with E-state index in [0.717, 1.165) is 17.7 Å². The number of nitrogens with one attached hydrogen (secondary N) is 1. The van der Waals surface area contributed by atoms with Crippen molar-refractivity contribution in [3.63, 3.8) is 0 Å². The van der Waals surface area contributed by atoms with Crippen LogP contribution >= 0.6 is 0 Å². The van der Waals surface area contributed by atoms with Gasteiger partial charge in [0.05, 0.1) is 12.7 Å². The van der Waals surface area contributed by atoms with Gasteiger partial charge in [0.15, 0.2) is 5.76 Å². The number of aromatic nitrogens is 1. The van der Waals surface area contributed by atoms with Crippen LogP contribution in [0.15, 0.2) is 27.6 Å². The molecule has 0 fully saturated rings. The van der Waals surface area contributed by atoms with E-state index in [4.69, 9.17) is 9.26 Å². The zero-order chi connectivity index (χ0) is 16.6. The van der Waals surface area contributed by atoms with Crippen LogP contribution < -0.4 is 9.46 Å². The smallest absolute Gasteiger partial charge is 0.246 e. The minimum atomic E-state index is -3.78. The fraction of sp³-hybridized carbons (Fsp3) is 0.400. The van der Waals surface area contributed by atoms with Gasteiger partial charge in [0.1, 0.15) is 16.3 Å². The third kappa shape index (κ3) is 3.10. The molecule has 0 amide bonds. The van der Waals surface area contributed by atoms with Crippen LogP contribution in [0.2, 0.25) is 0 Å². The lowest BCUT2D eigenvalue weighted by Gasteiger charge is -2.13. The van der Waals surface area contributed by atoms with Crippen molar-refractivity contribution < 1.29 is 22.8 Å². The second-order valence-corrected chi connectivity index (χ2v) is 7.19. The lowest BCUT2D eigenvalue weighted by Crippen LogP contribution is -2.29. The summed E-state index contributed by atoms with van der Waals surface area (Å²) in [4.78, 5) is 0.0204. The largest absolute Gasteiger partial charge is 0.493 e. The summed E-state index contributed by atoms with van der Waals surface area (Å²) >= 11 is 0. The molecule has 1 aromatic carbocycles. The van der Waals surface area contributed by atoms with Gasteiger partial charge in [-0.3, -0.25) is 0 Å². The molecule has 0 aliphatic carbocycles. The second-order valence-electron chi connectivity index (χ2n) is 5.49. The van der Waals surface area contributed by atoms with Crippen molar-refractivity contribution >= 4 is 10.0 Å². The van der Waals surface area contributed by atoms with E-state index in [2.05, 4.69) is 9.88 Å². The van der Waals surface area contributed by atoms with E-state index < -0.39 is 16.1 Å². The average Bonchev–Trinajstić information content (AvgIpc) is 3.10. The molecule has 0 saturated heterocycles. The molecule has 8 heteroatoms. The Morgan fingerprint density at radius 2 is 2.17 bits per heavy atom. The maximum absolute atomic E-state index is 12.3. The Labute approximate surface area is 134 Å². The first-order chi connectivity index (χ1) is 10.9. The molecule has 2 heterocycles. The van der Waals surface area contributed by atoms with Crippen LogP contribution in [-0.4, -0.2) is 31.8 Å². The number of fused-ring (bicyclic) bond motifs is 1. The molecule has 1 aromatic heterocycles. The minimum absolute atomic E-state index is 0.0204. The molecule has 7 nitrogen and oxygen atoms in total. The highest BCUT2D eigenvalue weighted by Gasteiger charge is 2.25. The van der Waals surface area contributed by atoms with Gasteiger partial charge < -0.3 is 14.4 Å². The van der Waals surface area contributed by atoms with E-state index in [0.29, 0.717) is 17.9 Å².